The smallest absolute Gasteiger partial charge is 0.161 e. The lowest BCUT2D eigenvalue weighted by Crippen LogP contribution is -2.32. The maximum Gasteiger partial charge on any atom is 0.161 e. The lowest BCUT2D eigenvalue weighted by Gasteiger charge is -2.21. The van der Waals surface area contributed by atoms with Gasteiger partial charge in [0.05, 0.1) is 37.8 Å². The molecular formula is C26H31ClN2O4. The van der Waals surface area contributed by atoms with Crippen molar-refractivity contribution in [2.75, 3.05) is 13.2 Å². The highest BCUT2D eigenvalue weighted by Gasteiger charge is 2.25. The summed E-state index contributed by atoms with van der Waals surface area (Å²) in [6.45, 7) is 10.7. The number of carbonyl (C=O) groups is 1. The van der Waals surface area contributed by atoms with Gasteiger partial charge in [-0.1, -0.05) is 29.8 Å². The molecule has 0 saturated carbocycles. The van der Waals surface area contributed by atoms with E-state index in [0.717, 1.165) is 28.3 Å². The number of hydrogen-bond acceptors (Lipinski definition) is 5. The monoisotopic (exact) mass is 470 g/mol. The molecule has 0 spiro atoms. The highest BCUT2D eigenvalue weighted by molar-refractivity contribution is 6.31. The first-order chi connectivity index (χ1) is 15.7. The molecule has 0 amide bonds. The zero-order valence-electron chi connectivity index (χ0n) is 19.9. The Morgan fingerprint density at radius 1 is 1.03 bits per heavy atom. The molecular weight excluding hydrogens is 440 g/mol. The van der Waals surface area contributed by atoms with Crippen molar-refractivity contribution in [2.24, 2.45) is 0 Å². The van der Waals surface area contributed by atoms with E-state index in [1.54, 1.807) is 13.8 Å². The van der Waals surface area contributed by atoms with Crippen LogP contribution in [0.15, 0.2) is 48.5 Å². The van der Waals surface area contributed by atoms with E-state index >= 15 is 0 Å². The Hall–Kier alpha value is -2.83. The minimum Gasteiger partial charge on any atom is -0.494 e. The lowest BCUT2D eigenvalue weighted by atomic mass is 10.1. The molecule has 3 aromatic rings. The molecule has 33 heavy (non-hydrogen) atoms. The number of aromatic nitrogens is 2. The largest absolute Gasteiger partial charge is 0.494 e. The summed E-state index contributed by atoms with van der Waals surface area (Å²) in [6, 6.07) is 15.5. The molecule has 0 unspecified atom stereocenters. The Morgan fingerprint density at radius 2 is 1.67 bits per heavy atom. The zero-order chi connectivity index (χ0) is 24.0. The van der Waals surface area contributed by atoms with Gasteiger partial charge in [0, 0.05) is 16.7 Å². The zero-order valence-corrected chi connectivity index (χ0v) is 20.6. The van der Waals surface area contributed by atoms with E-state index in [1.807, 2.05) is 67.1 Å². The van der Waals surface area contributed by atoms with Crippen molar-refractivity contribution >= 4 is 17.4 Å². The molecule has 0 fully saturated rings. The summed E-state index contributed by atoms with van der Waals surface area (Å²) in [5.74, 6) is 1.41. The van der Waals surface area contributed by atoms with E-state index in [9.17, 15) is 4.79 Å². The normalized spacial score (nSPS) is 11.5. The topological polar surface area (TPSA) is 62.6 Å². The van der Waals surface area contributed by atoms with Crippen molar-refractivity contribution in [3.8, 4) is 22.8 Å². The second kappa shape index (κ2) is 10.9. The highest BCUT2D eigenvalue weighted by atomic mass is 35.5. The van der Waals surface area contributed by atoms with Crippen molar-refractivity contribution in [1.82, 2.24) is 9.78 Å². The van der Waals surface area contributed by atoms with Gasteiger partial charge in [0.15, 0.2) is 5.78 Å². The van der Waals surface area contributed by atoms with Crippen LogP contribution in [0.25, 0.3) is 11.3 Å². The first-order valence-corrected chi connectivity index (χ1v) is 11.5. The van der Waals surface area contributed by atoms with Gasteiger partial charge in [-0.2, -0.15) is 5.10 Å². The van der Waals surface area contributed by atoms with Gasteiger partial charge in [-0.05, 0) is 64.4 Å². The van der Waals surface area contributed by atoms with Crippen LogP contribution in [-0.4, -0.2) is 34.4 Å². The molecule has 0 aliphatic carbocycles. The fourth-order valence-electron chi connectivity index (χ4n) is 3.26. The first kappa shape index (κ1) is 24.8. The summed E-state index contributed by atoms with van der Waals surface area (Å²) in [4.78, 5) is 11.9. The van der Waals surface area contributed by atoms with E-state index in [1.165, 1.54) is 6.92 Å². The van der Waals surface area contributed by atoms with Crippen LogP contribution < -0.4 is 9.47 Å². The average molecular weight is 471 g/mol. The fraction of sp³-hybridized carbons (Fsp3) is 0.385. The van der Waals surface area contributed by atoms with Crippen LogP contribution in [0.5, 0.6) is 11.5 Å². The average Bonchev–Trinajstić information content (AvgIpc) is 3.17. The van der Waals surface area contributed by atoms with Crippen LogP contribution >= 0.6 is 11.6 Å². The van der Waals surface area contributed by atoms with Gasteiger partial charge < -0.3 is 14.2 Å². The van der Waals surface area contributed by atoms with Gasteiger partial charge in [-0.15, -0.1) is 0 Å². The Bertz CT molecular complexity index is 1080. The maximum atomic E-state index is 11.9. The number of nitrogens with zero attached hydrogens (tertiary/aromatic N) is 2. The van der Waals surface area contributed by atoms with E-state index in [4.69, 9.17) is 30.9 Å². The quantitative estimate of drug-likeness (QED) is 0.347. The highest BCUT2D eigenvalue weighted by Crippen LogP contribution is 2.32. The molecule has 1 heterocycles. The minimum absolute atomic E-state index is 0.0380. The fourth-order valence-corrected chi connectivity index (χ4v) is 3.45. The van der Waals surface area contributed by atoms with Gasteiger partial charge in [0.25, 0.3) is 0 Å². The molecule has 2 aromatic carbocycles. The number of hydrogen-bond donors (Lipinski definition) is 0. The van der Waals surface area contributed by atoms with E-state index in [2.05, 4.69) is 0 Å². The summed E-state index contributed by atoms with van der Waals surface area (Å²) < 4.78 is 19.3. The summed E-state index contributed by atoms with van der Waals surface area (Å²) in [5.41, 5.74) is 2.55. The number of benzene rings is 2. The van der Waals surface area contributed by atoms with Crippen molar-refractivity contribution in [3.05, 3.63) is 64.8 Å². The van der Waals surface area contributed by atoms with Crippen molar-refractivity contribution in [1.29, 1.82) is 0 Å². The Labute approximate surface area is 200 Å². The van der Waals surface area contributed by atoms with Crippen molar-refractivity contribution < 1.29 is 19.0 Å². The van der Waals surface area contributed by atoms with Gasteiger partial charge in [0.1, 0.15) is 17.1 Å². The molecule has 1 aromatic heterocycles. The molecule has 0 aliphatic rings. The van der Waals surface area contributed by atoms with E-state index in [0.29, 0.717) is 30.5 Å². The van der Waals surface area contributed by atoms with Gasteiger partial charge in [0.2, 0.25) is 0 Å². The SMILES string of the molecule is CCOc1cc(OCC)cc(-c2cc(COC(C)(C)C(C)=O)nn2Cc2ccccc2Cl)c1. The van der Waals surface area contributed by atoms with Gasteiger partial charge >= 0.3 is 0 Å². The van der Waals surface area contributed by atoms with Crippen LogP contribution in [-0.2, 0) is 22.7 Å². The number of carbonyl (C=O) groups excluding carboxylic acids is 1. The summed E-state index contributed by atoms with van der Waals surface area (Å²) in [5, 5.41) is 5.45. The second-order valence-electron chi connectivity index (χ2n) is 8.18. The number of ether oxygens (including phenoxy) is 3. The van der Waals surface area contributed by atoms with Gasteiger partial charge in [-0.25, -0.2) is 0 Å². The molecule has 0 atom stereocenters. The summed E-state index contributed by atoms with van der Waals surface area (Å²) in [6.07, 6.45) is 0. The van der Waals surface area contributed by atoms with E-state index in [-0.39, 0.29) is 12.4 Å². The molecule has 0 N–H and O–H groups in total. The van der Waals surface area contributed by atoms with Crippen LogP contribution in [0.1, 0.15) is 45.9 Å². The van der Waals surface area contributed by atoms with Gasteiger partial charge in [-0.3, -0.25) is 9.48 Å². The van der Waals surface area contributed by atoms with Crippen molar-refractivity contribution in [2.45, 2.75) is 53.4 Å². The summed E-state index contributed by atoms with van der Waals surface area (Å²) >= 11 is 6.42. The predicted octanol–water partition coefficient (Wildman–Crippen LogP) is 5.93. The maximum absolute atomic E-state index is 11.9. The molecule has 176 valence electrons. The van der Waals surface area contributed by atoms with E-state index < -0.39 is 5.60 Å². The van der Waals surface area contributed by atoms with Crippen molar-refractivity contribution in [3.63, 3.8) is 0 Å². The van der Waals surface area contributed by atoms with Crippen LogP contribution in [0.2, 0.25) is 5.02 Å². The predicted molar refractivity (Wildman–Crippen MR) is 130 cm³/mol. The molecule has 3 rings (SSSR count). The molecule has 0 radical (unpaired) electrons. The lowest BCUT2D eigenvalue weighted by molar-refractivity contribution is -0.139. The molecule has 0 aliphatic heterocycles. The number of ketones is 1. The molecule has 7 heteroatoms. The van der Waals surface area contributed by atoms with Crippen LogP contribution in [0.3, 0.4) is 0 Å². The Morgan fingerprint density at radius 3 is 2.24 bits per heavy atom. The third kappa shape index (κ3) is 6.36. The Balaban J connectivity index is 2.03. The molecule has 0 saturated heterocycles. The summed E-state index contributed by atoms with van der Waals surface area (Å²) in [7, 11) is 0. The molecule has 0 bridgehead atoms. The molecule has 6 nitrogen and oxygen atoms in total. The number of halogens is 1. The second-order valence-corrected chi connectivity index (χ2v) is 8.59. The van der Waals surface area contributed by atoms with Crippen LogP contribution in [0, 0.1) is 0 Å². The van der Waals surface area contributed by atoms with Crippen LogP contribution in [0.4, 0.5) is 0 Å². The third-order valence-electron chi connectivity index (χ3n) is 5.34. The Kier molecular flexibility index (Phi) is 8.16. The first-order valence-electron chi connectivity index (χ1n) is 11.1. The number of Topliss-reactive ketones (excluding diaryl/α,β-unsaturated/α-hetero) is 1. The number of rotatable bonds is 11. The standard InChI is InChI=1S/C26H31ClN2O4/c1-6-31-22-12-20(13-23(15-22)32-7-2)25-14-21(17-33-26(4,5)18(3)30)28-29(25)16-19-10-8-9-11-24(19)27/h8-15H,6-7,16-17H2,1-5H3. The third-order valence-corrected chi connectivity index (χ3v) is 5.70. The minimum atomic E-state index is -0.885.